The molecule has 0 saturated carbocycles. The number of carboxylic acid groups (broad SMARTS) is 1. The second kappa shape index (κ2) is 6.52. The number of carbonyl (C=O) groups is 1. The van der Waals surface area contributed by atoms with Crippen LogP contribution < -0.4 is 4.90 Å². The molecule has 20 heavy (non-hydrogen) atoms. The first-order valence-electron chi connectivity index (χ1n) is 6.66. The minimum atomic E-state index is -1.05. The van der Waals surface area contributed by atoms with E-state index in [0.29, 0.717) is 18.7 Å². The van der Waals surface area contributed by atoms with Crippen LogP contribution in [-0.2, 0) is 9.53 Å². The van der Waals surface area contributed by atoms with Gasteiger partial charge >= 0.3 is 5.97 Å². The summed E-state index contributed by atoms with van der Waals surface area (Å²) in [6.07, 6.45) is 3.47. The SMILES string of the molecule is CCC1CN(c2cc(F)cc(/C=C/C(=O)O)c2)CCO1. The molecule has 0 radical (unpaired) electrons. The number of carboxylic acids is 1. The third-order valence-electron chi connectivity index (χ3n) is 3.28. The van der Waals surface area contributed by atoms with Gasteiger partial charge in [-0.15, -0.1) is 0 Å². The molecule has 0 bridgehead atoms. The summed E-state index contributed by atoms with van der Waals surface area (Å²) < 4.78 is 19.2. The standard InChI is InChI=1S/C15H18FNO3/c1-2-14-10-17(5-6-20-14)13-8-11(3-4-15(18)19)7-12(16)9-13/h3-4,7-9,14H,2,5-6,10H2,1H3,(H,18,19)/b4-3+. The maximum Gasteiger partial charge on any atom is 0.328 e. The molecular weight excluding hydrogens is 261 g/mol. The fourth-order valence-corrected chi connectivity index (χ4v) is 2.24. The monoisotopic (exact) mass is 279 g/mol. The number of nitrogens with zero attached hydrogens (tertiary/aromatic N) is 1. The van der Waals surface area contributed by atoms with E-state index in [1.54, 1.807) is 6.07 Å². The number of hydrogen-bond acceptors (Lipinski definition) is 3. The molecule has 0 aromatic heterocycles. The van der Waals surface area contributed by atoms with Crippen LogP contribution in [0, 0.1) is 5.82 Å². The van der Waals surface area contributed by atoms with Gasteiger partial charge in [-0.2, -0.15) is 0 Å². The Bertz CT molecular complexity index is 516. The molecule has 0 amide bonds. The number of ether oxygens (including phenoxy) is 1. The van der Waals surface area contributed by atoms with Crippen molar-refractivity contribution in [2.45, 2.75) is 19.4 Å². The highest BCUT2D eigenvalue weighted by Gasteiger charge is 2.19. The van der Waals surface area contributed by atoms with E-state index in [1.807, 2.05) is 0 Å². The van der Waals surface area contributed by atoms with Crippen molar-refractivity contribution in [3.8, 4) is 0 Å². The van der Waals surface area contributed by atoms with Crippen molar-refractivity contribution in [3.05, 3.63) is 35.7 Å². The zero-order valence-electron chi connectivity index (χ0n) is 11.4. The van der Waals surface area contributed by atoms with Gasteiger partial charge in [0.2, 0.25) is 0 Å². The Labute approximate surface area is 117 Å². The molecule has 1 aromatic carbocycles. The number of morpholine rings is 1. The van der Waals surface area contributed by atoms with Gasteiger partial charge < -0.3 is 14.7 Å². The fraction of sp³-hybridized carbons (Fsp3) is 0.400. The van der Waals surface area contributed by atoms with E-state index in [-0.39, 0.29) is 11.9 Å². The van der Waals surface area contributed by atoms with Crippen molar-refractivity contribution >= 4 is 17.7 Å². The van der Waals surface area contributed by atoms with Crippen LogP contribution in [0.1, 0.15) is 18.9 Å². The molecule has 1 unspecified atom stereocenters. The lowest BCUT2D eigenvalue weighted by Crippen LogP contribution is -2.42. The summed E-state index contributed by atoms with van der Waals surface area (Å²) in [5.41, 5.74) is 1.30. The number of rotatable bonds is 4. The van der Waals surface area contributed by atoms with Gasteiger partial charge in [0.25, 0.3) is 0 Å². The summed E-state index contributed by atoms with van der Waals surface area (Å²) >= 11 is 0. The number of anilines is 1. The van der Waals surface area contributed by atoms with Gasteiger partial charge in [-0.25, -0.2) is 9.18 Å². The molecule has 5 heteroatoms. The molecule has 1 aliphatic rings. The molecule has 1 saturated heterocycles. The van der Waals surface area contributed by atoms with E-state index in [2.05, 4.69) is 11.8 Å². The molecule has 0 aliphatic carbocycles. The van der Waals surface area contributed by atoms with E-state index in [4.69, 9.17) is 9.84 Å². The Morgan fingerprint density at radius 2 is 2.35 bits per heavy atom. The fourth-order valence-electron chi connectivity index (χ4n) is 2.24. The number of aliphatic carboxylic acids is 1. The van der Waals surface area contributed by atoms with Gasteiger partial charge in [-0.05, 0) is 36.3 Å². The van der Waals surface area contributed by atoms with Crippen molar-refractivity contribution in [1.29, 1.82) is 0 Å². The zero-order chi connectivity index (χ0) is 14.5. The molecule has 108 valence electrons. The summed E-state index contributed by atoms with van der Waals surface area (Å²) in [7, 11) is 0. The van der Waals surface area contributed by atoms with Gasteiger partial charge in [0.15, 0.2) is 0 Å². The minimum absolute atomic E-state index is 0.157. The summed E-state index contributed by atoms with van der Waals surface area (Å²) in [5.74, 6) is -1.42. The number of benzene rings is 1. The van der Waals surface area contributed by atoms with Crippen molar-refractivity contribution in [1.82, 2.24) is 0 Å². The first kappa shape index (κ1) is 14.5. The second-order valence-corrected chi connectivity index (χ2v) is 4.76. The van der Waals surface area contributed by atoms with Gasteiger partial charge in [-0.3, -0.25) is 0 Å². The molecule has 1 aromatic rings. The maximum absolute atomic E-state index is 13.6. The van der Waals surface area contributed by atoms with E-state index >= 15 is 0 Å². The largest absolute Gasteiger partial charge is 0.478 e. The lowest BCUT2D eigenvalue weighted by atomic mass is 10.1. The average Bonchev–Trinajstić information content (AvgIpc) is 2.44. The summed E-state index contributed by atoms with van der Waals surface area (Å²) in [4.78, 5) is 12.6. The van der Waals surface area contributed by atoms with Crippen LogP contribution in [0.4, 0.5) is 10.1 Å². The van der Waals surface area contributed by atoms with Crippen molar-refractivity contribution in [2.24, 2.45) is 0 Å². The topological polar surface area (TPSA) is 49.8 Å². The summed E-state index contributed by atoms with van der Waals surface area (Å²) in [5, 5.41) is 8.62. The number of hydrogen-bond donors (Lipinski definition) is 1. The molecule has 1 aliphatic heterocycles. The van der Waals surface area contributed by atoms with Crippen LogP contribution in [0.2, 0.25) is 0 Å². The van der Waals surface area contributed by atoms with E-state index in [1.165, 1.54) is 18.2 Å². The quantitative estimate of drug-likeness (QED) is 0.860. The normalized spacial score (nSPS) is 19.5. The molecular formula is C15H18FNO3. The minimum Gasteiger partial charge on any atom is -0.478 e. The molecule has 1 fully saturated rings. The lowest BCUT2D eigenvalue weighted by molar-refractivity contribution is -0.131. The Morgan fingerprint density at radius 3 is 3.05 bits per heavy atom. The Kier molecular flexibility index (Phi) is 4.74. The second-order valence-electron chi connectivity index (χ2n) is 4.76. The molecule has 4 nitrogen and oxygen atoms in total. The Hall–Kier alpha value is -1.88. The molecule has 1 N–H and O–H groups in total. The predicted molar refractivity (Wildman–Crippen MR) is 75.3 cm³/mol. The third kappa shape index (κ3) is 3.81. The molecule has 1 heterocycles. The highest BCUT2D eigenvalue weighted by molar-refractivity contribution is 5.85. The smallest absolute Gasteiger partial charge is 0.328 e. The Balaban J connectivity index is 2.20. The van der Waals surface area contributed by atoms with E-state index < -0.39 is 5.97 Å². The van der Waals surface area contributed by atoms with E-state index in [9.17, 15) is 9.18 Å². The maximum atomic E-state index is 13.6. The Morgan fingerprint density at radius 1 is 1.55 bits per heavy atom. The molecule has 1 atom stereocenters. The van der Waals surface area contributed by atoms with E-state index in [0.717, 1.165) is 24.7 Å². The highest BCUT2D eigenvalue weighted by atomic mass is 19.1. The van der Waals surface area contributed by atoms with Gasteiger partial charge in [-0.1, -0.05) is 6.92 Å². The van der Waals surface area contributed by atoms with Crippen LogP contribution in [0.25, 0.3) is 6.08 Å². The lowest BCUT2D eigenvalue weighted by Gasteiger charge is -2.34. The van der Waals surface area contributed by atoms with Crippen molar-refractivity contribution in [2.75, 3.05) is 24.6 Å². The first-order chi connectivity index (χ1) is 9.58. The summed E-state index contributed by atoms with van der Waals surface area (Å²) in [6, 6.07) is 4.58. The van der Waals surface area contributed by atoms with Crippen LogP contribution >= 0.6 is 0 Å². The van der Waals surface area contributed by atoms with Crippen molar-refractivity contribution < 1.29 is 19.0 Å². The van der Waals surface area contributed by atoms with Crippen LogP contribution in [0.15, 0.2) is 24.3 Å². The van der Waals surface area contributed by atoms with Crippen LogP contribution in [0.3, 0.4) is 0 Å². The zero-order valence-corrected chi connectivity index (χ0v) is 11.4. The first-order valence-corrected chi connectivity index (χ1v) is 6.66. The van der Waals surface area contributed by atoms with Crippen LogP contribution in [0.5, 0.6) is 0 Å². The highest BCUT2D eigenvalue weighted by Crippen LogP contribution is 2.22. The van der Waals surface area contributed by atoms with Gasteiger partial charge in [0.1, 0.15) is 5.82 Å². The third-order valence-corrected chi connectivity index (χ3v) is 3.28. The number of halogens is 1. The summed E-state index contributed by atoms with van der Waals surface area (Å²) in [6.45, 7) is 4.11. The van der Waals surface area contributed by atoms with Gasteiger partial charge in [0, 0.05) is 24.9 Å². The molecule has 0 spiro atoms. The van der Waals surface area contributed by atoms with Crippen LogP contribution in [-0.4, -0.2) is 36.9 Å². The van der Waals surface area contributed by atoms with Crippen molar-refractivity contribution in [3.63, 3.8) is 0 Å². The molecule has 2 rings (SSSR count). The predicted octanol–water partition coefficient (Wildman–Crippen LogP) is 2.54. The average molecular weight is 279 g/mol. The van der Waals surface area contributed by atoms with Gasteiger partial charge in [0.05, 0.1) is 12.7 Å².